The first kappa shape index (κ1) is 23.6. The first-order valence-electron chi connectivity index (χ1n) is 10.9. The van der Waals surface area contributed by atoms with E-state index >= 15 is 0 Å². The summed E-state index contributed by atoms with van der Waals surface area (Å²) in [5, 5.41) is 0.584. The lowest BCUT2D eigenvalue weighted by molar-refractivity contribution is -0.138. The molecule has 0 bridgehead atoms. The number of amides is 1. The van der Waals surface area contributed by atoms with Crippen molar-refractivity contribution in [1.82, 2.24) is 14.5 Å². The zero-order valence-corrected chi connectivity index (χ0v) is 19.7. The Kier molecular flexibility index (Phi) is 5.97. The van der Waals surface area contributed by atoms with Crippen molar-refractivity contribution in [2.24, 2.45) is 5.73 Å². The molecule has 3 heterocycles. The number of rotatable bonds is 6. The van der Waals surface area contributed by atoms with Crippen LogP contribution in [0.1, 0.15) is 33.8 Å². The van der Waals surface area contributed by atoms with Gasteiger partial charge in [0.2, 0.25) is 0 Å². The van der Waals surface area contributed by atoms with Crippen molar-refractivity contribution in [2.75, 3.05) is 0 Å². The molecule has 6 nitrogen and oxygen atoms in total. The second-order valence-electron chi connectivity index (χ2n) is 8.05. The largest absolute Gasteiger partial charge is 0.484 e. The third kappa shape index (κ3) is 4.42. The lowest BCUT2D eigenvalue weighted by Crippen LogP contribution is -2.15. The first-order chi connectivity index (χ1) is 17.2. The molecule has 36 heavy (non-hydrogen) atoms. The predicted octanol–water partition coefficient (Wildman–Crippen LogP) is 6.41. The fraction of sp³-hybridized carbons (Fsp3) is 0.115. The number of halogens is 3. The molecule has 0 fully saturated rings. The second kappa shape index (κ2) is 9.12. The molecule has 0 saturated carbocycles. The highest BCUT2D eigenvalue weighted by Gasteiger charge is 2.35. The number of fused-ring (bicyclic) bond motifs is 1. The van der Waals surface area contributed by atoms with Crippen LogP contribution in [-0.4, -0.2) is 20.4 Å². The van der Waals surface area contributed by atoms with Gasteiger partial charge in [0.05, 0.1) is 16.6 Å². The maximum Gasteiger partial charge on any atom is 0.416 e. The zero-order valence-electron chi connectivity index (χ0n) is 18.9. The molecule has 0 unspecified atom stereocenters. The first-order valence-corrected chi connectivity index (χ1v) is 11.7. The summed E-state index contributed by atoms with van der Waals surface area (Å²) in [4.78, 5) is 20.9. The van der Waals surface area contributed by atoms with Crippen molar-refractivity contribution in [2.45, 2.75) is 19.2 Å². The Morgan fingerprint density at radius 1 is 1.08 bits per heavy atom. The summed E-state index contributed by atoms with van der Waals surface area (Å²) in [5.41, 5.74) is 8.11. The molecule has 1 amide bonds. The number of primary amides is 1. The Hall–Kier alpha value is -4.18. The zero-order chi connectivity index (χ0) is 25.4. The number of carbonyl (C=O) groups is 1. The van der Waals surface area contributed by atoms with Crippen LogP contribution in [0.4, 0.5) is 13.2 Å². The molecule has 0 aliphatic rings. The standard InChI is InChI=1S/C26H19F3N4O2S/c1-15(18-6-2-3-7-19(18)26(27,28)29)35-22-12-23(36-24(22)25(30)34)33-14-32-20-9-8-16(11-21(20)33)17-5-4-10-31-13-17/h2-15H,1H3,(H2,30,34)/t15-/m1/s1. The van der Waals surface area contributed by atoms with E-state index in [1.807, 2.05) is 30.3 Å². The lowest BCUT2D eigenvalue weighted by Gasteiger charge is -2.19. The Morgan fingerprint density at radius 3 is 2.61 bits per heavy atom. The number of hydrogen-bond acceptors (Lipinski definition) is 5. The number of ether oxygens (including phenoxy) is 1. The van der Waals surface area contributed by atoms with Gasteiger partial charge in [-0.05, 0) is 36.8 Å². The van der Waals surface area contributed by atoms with Gasteiger partial charge in [-0.25, -0.2) is 4.98 Å². The van der Waals surface area contributed by atoms with Crippen molar-refractivity contribution in [3.63, 3.8) is 0 Å². The van der Waals surface area contributed by atoms with Crippen molar-refractivity contribution in [1.29, 1.82) is 0 Å². The number of nitrogens with two attached hydrogens (primary N) is 1. The maximum absolute atomic E-state index is 13.5. The van der Waals surface area contributed by atoms with E-state index in [2.05, 4.69) is 9.97 Å². The Labute approximate surface area is 207 Å². The summed E-state index contributed by atoms with van der Waals surface area (Å²) in [6.07, 6.45) is -0.466. The molecule has 2 N–H and O–H groups in total. The number of aromatic nitrogens is 3. The molecule has 5 rings (SSSR count). The van der Waals surface area contributed by atoms with Crippen LogP contribution >= 0.6 is 11.3 Å². The summed E-state index contributed by atoms with van der Waals surface area (Å²) in [5.74, 6) is -0.629. The normalized spacial score (nSPS) is 12.6. The highest BCUT2D eigenvalue weighted by molar-refractivity contribution is 7.16. The summed E-state index contributed by atoms with van der Waals surface area (Å²) < 4.78 is 48.2. The van der Waals surface area contributed by atoms with E-state index in [4.69, 9.17) is 10.5 Å². The number of benzene rings is 2. The third-order valence-electron chi connectivity index (χ3n) is 5.70. The molecule has 3 aromatic heterocycles. The van der Waals surface area contributed by atoms with Crippen LogP contribution in [0, 0.1) is 0 Å². The molecule has 0 saturated heterocycles. The van der Waals surface area contributed by atoms with Gasteiger partial charge in [-0.2, -0.15) is 13.2 Å². The Bertz CT molecular complexity index is 1560. The highest BCUT2D eigenvalue weighted by Crippen LogP contribution is 2.39. The van der Waals surface area contributed by atoms with E-state index in [9.17, 15) is 18.0 Å². The van der Waals surface area contributed by atoms with E-state index < -0.39 is 23.8 Å². The quantitative estimate of drug-likeness (QED) is 0.287. The van der Waals surface area contributed by atoms with Gasteiger partial charge in [-0.15, -0.1) is 11.3 Å². The average molecular weight is 509 g/mol. The van der Waals surface area contributed by atoms with Gasteiger partial charge in [0.15, 0.2) is 0 Å². The van der Waals surface area contributed by atoms with Crippen molar-refractivity contribution >= 4 is 28.3 Å². The summed E-state index contributed by atoms with van der Waals surface area (Å²) in [7, 11) is 0. The summed E-state index contributed by atoms with van der Waals surface area (Å²) in [6.45, 7) is 1.50. The van der Waals surface area contributed by atoms with Crippen LogP contribution in [0.25, 0.3) is 27.2 Å². The number of imidazole rings is 1. The fourth-order valence-corrected chi connectivity index (χ4v) is 4.93. The van der Waals surface area contributed by atoms with Gasteiger partial charge in [-0.3, -0.25) is 14.3 Å². The lowest BCUT2D eigenvalue weighted by atomic mass is 10.0. The van der Waals surface area contributed by atoms with Crippen LogP contribution in [0.2, 0.25) is 0 Å². The van der Waals surface area contributed by atoms with Crippen LogP contribution in [0.3, 0.4) is 0 Å². The SMILES string of the molecule is C[C@@H](Oc1cc(-n2cnc3ccc(-c4cccnc4)cc32)sc1C(N)=O)c1ccccc1C(F)(F)F. The molecule has 5 aromatic rings. The summed E-state index contributed by atoms with van der Waals surface area (Å²) >= 11 is 1.08. The van der Waals surface area contributed by atoms with Crippen LogP contribution in [0.15, 0.2) is 79.4 Å². The molecule has 0 aliphatic carbocycles. The van der Waals surface area contributed by atoms with E-state index in [0.717, 1.165) is 39.6 Å². The number of alkyl halides is 3. The minimum absolute atomic E-state index is 0.0395. The highest BCUT2D eigenvalue weighted by atomic mass is 32.1. The van der Waals surface area contributed by atoms with Crippen molar-refractivity contribution < 1.29 is 22.7 Å². The second-order valence-corrected chi connectivity index (χ2v) is 9.08. The maximum atomic E-state index is 13.5. The number of thiophene rings is 1. The number of pyridine rings is 1. The number of hydrogen-bond donors (Lipinski definition) is 1. The van der Waals surface area contributed by atoms with Crippen LogP contribution < -0.4 is 10.5 Å². The van der Waals surface area contributed by atoms with Crippen LogP contribution in [0.5, 0.6) is 5.75 Å². The van der Waals surface area contributed by atoms with E-state index in [1.165, 1.54) is 25.1 Å². The Balaban J connectivity index is 1.54. The molecular formula is C26H19F3N4O2S. The van der Waals surface area contributed by atoms with E-state index in [1.54, 1.807) is 29.4 Å². The average Bonchev–Trinajstić information content (AvgIpc) is 3.47. The monoisotopic (exact) mass is 508 g/mol. The molecular weight excluding hydrogens is 489 g/mol. The van der Waals surface area contributed by atoms with E-state index in [-0.39, 0.29) is 16.2 Å². The topological polar surface area (TPSA) is 83.0 Å². The molecule has 0 radical (unpaired) electrons. The number of carbonyl (C=O) groups excluding carboxylic acids is 1. The van der Waals surface area contributed by atoms with Gasteiger partial charge in [-0.1, -0.05) is 30.3 Å². The molecule has 1 atom stereocenters. The van der Waals surface area contributed by atoms with Gasteiger partial charge in [0, 0.05) is 29.6 Å². The molecule has 0 spiro atoms. The van der Waals surface area contributed by atoms with Gasteiger partial charge < -0.3 is 10.5 Å². The van der Waals surface area contributed by atoms with Crippen molar-refractivity contribution in [3.8, 4) is 21.9 Å². The smallest absolute Gasteiger partial charge is 0.416 e. The van der Waals surface area contributed by atoms with Crippen molar-refractivity contribution in [3.05, 3.63) is 95.4 Å². The minimum Gasteiger partial charge on any atom is -0.484 e. The summed E-state index contributed by atoms with van der Waals surface area (Å²) in [6, 6.07) is 16.3. The van der Waals surface area contributed by atoms with E-state index in [0.29, 0.717) is 5.00 Å². The predicted molar refractivity (Wildman–Crippen MR) is 131 cm³/mol. The van der Waals surface area contributed by atoms with Gasteiger partial charge in [0.1, 0.15) is 28.1 Å². The van der Waals surface area contributed by atoms with Crippen LogP contribution in [-0.2, 0) is 6.18 Å². The Morgan fingerprint density at radius 2 is 1.89 bits per heavy atom. The van der Waals surface area contributed by atoms with Gasteiger partial charge >= 0.3 is 6.18 Å². The third-order valence-corrected chi connectivity index (χ3v) is 6.83. The molecule has 182 valence electrons. The molecule has 10 heteroatoms. The van der Waals surface area contributed by atoms with Gasteiger partial charge in [0.25, 0.3) is 5.91 Å². The number of nitrogens with zero attached hydrogens (tertiary/aromatic N) is 3. The molecule has 0 aliphatic heterocycles. The fourth-order valence-electron chi connectivity index (χ4n) is 4.00. The molecule has 2 aromatic carbocycles. The minimum atomic E-state index is -4.54.